The van der Waals surface area contributed by atoms with E-state index < -0.39 is 27.0 Å². The zero-order chi connectivity index (χ0) is 14.9. The summed E-state index contributed by atoms with van der Waals surface area (Å²) < 4.78 is 25.6. The van der Waals surface area contributed by atoms with Crippen LogP contribution in [0.15, 0.2) is 0 Å². The Morgan fingerprint density at radius 2 is 1.37 bits per heavy atom. The number of hydrogen-bond acceptors (Lipinski definition) is 7. The lowest BCUT2D eigenvalue weighted by molar-refractivity contribution is -0.185. The molecule has 0 radical (unpaired) electrons. The number of carbonyl (C=O) groups is 2. The van der Waals surface area contributed by atoms with Gasteiger partial charge in [-0.1, -0.05) is 0 Å². The average molecular weight is 294 g/mol. The Kier molecular flexibility index (Phi) is 8.57. The van der Waals surface area contributed by atoms with Crippen LogP contribution in [0, 0.1) is 0 Å². The van der Waals surface area contributed by atoms with E-state index in [0.29, 0.717) is 18.9 Å². The Morgan fingerprint density at radius 3 is 1.68 bits per heavy atom. The van der Waals surface area contributed by atoms with Crippen LogP contribution in [-0.4, -0.2) is 48.4 Å². The Hall–Kier alpha value is -0.963. The number of rotatable bonds is 9. The van der Waals surface area contributed by atoms with Gasteiger partial charge in [0.15, 0.2) is 0 Å². The first-order chi connectivity index (χ1) is 8.89. The lowest BCUT2D eigenvalue weighted by atomic mass is 10.3. The first kappa shape index (κ1) is 18.0. The standard InChI is InChI=1S/C11H22O7Si/c1-9(12)17-11(18-10(2)13)7-6-8-19(14-3,15-4)16-5/h11H,6-8H2,1-5H3. The van der Waals surface area contributed by atoms with E-state index in [0.717, 1.165) is 0 Å². The van der Waals surface area contributed by atoms with Crippen LogP contribution in [0.2, 0.25) is 6.04 Å². The maximum absolute atomic E-state index is 10.9. The summed E-state index contributed by atoms with van der Waals surface area (Å²) in [5.41, 5.74) is 0. The van der Waals surface area contributed by atoms with Crippen LogP contribution in [0.4, 0.5) is 0 Å². The van der Waals surface area contributed by atoms with Gasteiger partial charge in [0.05, 0.1) is 0 Å². The molecule has 0 N–H and O–H groups in total. The molecule has 0 aromatic heterocycles. The SMILES string of the molecule is CO[Si](CCCC(OC(C)=O)OC(C)=O)(OC)OC. The summed E-state index contributed by atoms with van der Waals surface area (Å²) in [5.74, 6) is -1.00. The highest BCUT2D eigenvalue weighted by atomic mass is 28.4. The zero-order valence-electron chi connectivity index (χ0n) is 12.1. The highest BCUT2D eigenvalue weighted by Crippen LogP contribution is 2.18. The van der Waals surface area contributed by atoms with Crippen LogP contribution in [0.1, 0.15) is 26.7 Å². The second-order valence-electron chi connectivity index (χ2n) is 3.84. The van der Waals surface area contributed by atoms with E-state index in [4.69, 9.17) is 22.8 Å². The van der Waals surface area contributed by atoms with E-state index in [2.05, 4.69) is 0 Å². The van der Waals surface area contributed by atoms with Crippen molar-refractivity contribution in [2.75, 3.05) is 21.3 Å². The summed E-state index contributed by atoms with van der Waals surface area (Å²) in [6.45, 7) is 2.52. The summed E-state index contributed by atoms with van der Waals surface area (Å²) in [6, 6.07) is 0.537. The van der Waals surface area contributed by atoms with E-state index in [9.17, 15) is 9.59 Å². The molecule has 7 nitrogen and oxygen atoms in total. The molecule has 0 spiro atoms. The molecule has 0 aliphatic carbocycles. The van der Waals surface area contributed by atoms with Crippen molar-refractivity contribution in [3.8, 4) is 0 Å². The van der Waals surface area contributed by atoms with Gasteiger partial charge in [-0.3, -0.25) is 9.59 Å². The summed E-state index contributed by atoms with van der Waals surface area (Å²) in [6.07, 6.45) is 0.0593. The first-order valence-corrected chi connectivity index (χ1v) is 7.82. The molecule has 0 unspecified atom stereocenters. The Morgan fingerprint density at radius 1 is 0.947 bits per heavy atom. The Labute approximate surface area is 114 Å². The van der Waals surface area contributed by atoms with Crippen molar-refractivity contribution in [3.05, 3.63) is 0 Å². The van der Waals surface area contributed by atoms with Crippen LogP contribution in [-0.2, 0) is 32.3 Å². The number of esters is 2. The Balaban J connectivity index is 4.30. The fourth-order valence-electron chi connectivity index (χ4n) is 1.55. The third kappa shape index (κ3) is 7.26. The van der Waals surface area contributed by atoms with Crippen molar-refractivity contribution < 1.29 is 32.3 Å². The lowest BCUT2D eigenvalue weighted by Crippen LogP contribution is -2.42. The second-order valence-corrected chi connectivity index (χ2v) is 6.93. The minimum absolute atomic E-state index is 0.365. The van der Waals surface area contributed by atoms with Gasteiger partial charge in [-0.25, -0.2) is 0 Å². The number of carbonyl (C=O) groups excluding carboxylic acids is 2. The van der Waals surface area contributed by atoms with Crippen LogP contribution in [0.25, 0.3) is 0 Å². The zero-order valence-corrected chi connectivity index (χ0v) is 13.1. The minimum Gasteiger partial charge on any atom is -0.425 e. The molecule has 0 atom stereocenters. The van der Waals surface area contributed by atoms with E-state index in [1.54, 1.807) is 0 Å². The van der Waals surface area contributed by atoms with E-state index in [1.165, 1.54) is 35.2 Å². The van der Waals surface area contributed by atoms with Crippen LogP contribution < -0.4 is 0 Å². The van der Waals surface area contributed by atoms with Crippen molar-refractivity contribution in [2.24, 2.45) is 0 Å². The smallest absolute Gasteiger partial charge is 0.425 e. The largest absolute Gasteiger partial charge is 0.500 e. The highest BCUT2D eigenvalue weighted by Gasteiger charge is 2.37. The normalized spacial score (nSPS) is 11.5. The third-order valence-electron chi connectivity index (χ3n) is 2.45. The Bertz CT molecular complexity index is 267. The van der Waals surface area contributed by atoms with Gasteiger partial charge in [0, 0.05) is 47.6 Å². The lowest BCUT2D eigenvalue weighted by Gasteiger charge is -2.25. The molecule has 112 valence electrons. The molecule has 0 aliphatic heterocycles. The highest BCUT2D eigenvalue weighted by molar-refractivity contribution is 6.60. The molecular weight excluding hydrogens is 272 g/mol. The maximum atomic E-state index is 10.9. The molecule has 0 amide bonds. The predicted octanol–water partition coefficient (Wildman–Crippen LogP) is 1.10. The van der Waals surface area contributed by atoms with Crippen molar-refractivity contribution in [1.29, 1.82) is 0 Å². The number of hydrogen-bond donors (Lipinski definition) is 0. The molecule has 0 saturated carbocycles. The van der Waals surface area contributed by atoms with Gasteiger partial charge < -0.3 is 22.8 Å². The van der Waals surface area contributed by atoms with Gasteiger partial charge in [0.1, 0.15) is 0 Å². The second kappa shape index (κ2) is 9.02. The third-order valence-corrected chi connectivity index (χ3v) is 5.28. The van der Waals surface area contributed by atoms with Crippen molar-refractivity contribution in [3.63, 3.8) is 0 Å². The van der Waals surface area contributed by atoms with Gasteiger partial charge in [0.2, 0.25) is 6.29 Å². The molecule has 0 fully saturated rings. The summed E-state index contributed by atoms with van der Waals surface area (Å²) in [7, 11) is 1.92. The van der Waals surface area contributed by atoms with Gasteiger partial charge in [-0.15, -0.1) is 0 Å². The van der Waals surface area contributed by atoms with Crippen molar-refractivity contribution in [2.45, 2.75) is 39.0 Å². The molecule has 0 saturated heterocycles. The number of ether oxygens (including phenoxy) is 2. The van der Waals surface area contributed by atoms with Gasteiger partial charge in [-0.2, -0.15) is 0 Å². The molecule has 0 heterocycles. The van der Waals surface area contributed by atoms with E-state index in [1.807, 2.05) is 0 Å². The topological polar surface area (TPSA) is 80.3 Å². The molecule has 0 rings (SSSR count). The van der Waals surface area contributed by atoms with Crippen LogP contribution >= 0.6 is 0 Å². The van der Waals surface area contributed by atoms with Gasteiger partial charge in [0.25, 0.3) is 0 Å². The maximum Gasteiger partial charge on any atom is 0.500 e. The van der Waals surface area contributed by atoms with Crippen LogP contribution in [0.5, 0.6) is 0 Å². The fraction of sp³-hybridized carbons (Fsp3) is 0.818. The fourth-order valence-corrected chi connectivity index (χ4v) is 3.30. The van der Waals surface area contributed by atoms with Crippen LogP contribution in [0.3, 0.4) is 0 Å². The monoisotopic (exact) mass is 294 g/mol. The minimum atomic E-state index is -2.65. The summed E-state index contributed by atoms with van der Waals surface area (Å²) >= 11 is 0. The molecule has 0 aromatic rings. The summed E-state index contributed by atoms with van der Waals surface area (Å²) in [5, 5.41) is 0. The molecule has 0 aliphatic rings. The molecule has 0 aromatic carbocycles. The average Bonchev–Trinajstić information content (AvgIpc) is 2.33. The predicted molar refractivity (Wildman–Crippen MR) is 68.1 cm³/mol. The first-order valence-electron chi connectivity index (χ1n) is 5.89. The molecular formula is C11H22O7Si. The quantitative estimate of drug-likeness (QED) is 0.358. The van der Waals surface area contributed by atoms with Gasteiger partial charge >= 0.3 is 20.7 Å². The molecule has 19 heavy (non-hydrogen) atoms. The van der Waals surface area contributed by atoms with E-state index in [-0.39, 0.29) is 0 Å². The van der Waals surface area contributed by atoms with Crippen molar-refractivity contribution >= 4 is 20.7 Å². The van der Waals surface area contributed by atoms with Gasteiger partial charge in [-0.05, 0) is 6.42 Å². The molecule has 0 bridgehead atoms. The van der Waals surface area contributed by atoms with E-state index >= 15 is 0 Å². The summed E-state index contributed by atoms with van der Waals surface area (Å²) in [4.78, 5) is 21.8. The van der Waals surface area contributed by atoms with Crippen molar-refractivity contribution in [1.82, 2.24) is 0 Å². The molecule has 8 heteroatoms.